The third-order valence-electron chi connectivity index (χ3n) is 5.13. The number of nitrogens with zero attached hydrogens (tertiary/aromatic N) is 4. The number of aromatic nitrogens is 3. The molecule has 3 rings (SSSR count). The second-order valence-corrected chi connectivity index (χ2v) is 8.41. The lowest BCUT2D eigenvalue weighted by Crippen LogP contribution is -2.26. The Morgan fingerprint density at radius 2 is 1.91 bits per heavy atom. The number of aryl methyl sites for hydroxylation is 1. The van der Waals surface area contributed by atoms with Crippen LogP contribution in [0.4, 0.5) is 11.4 Å². The van der Waals surface area contributed by atoms with Crippen molar-refractivity contribution in [3.8, 4) is 5.75 Å². The lowest BCUT2D eigenvalue weighted by Gasteiger charge is -2.10. The fourth-order valence-corrected chi connectivity index (χ4v) is 4.06. The molecular weight excluding hydrogens is 472 g/mol. The average molecular weight is 499 g/mol. The van der Waals surface area contributed by atoms with Crippen LogP contribution in [0.25, 0.3) is 0 Å². The zero-order valence-corrected chi connectivity index (χ0v) is 20.4. The maximum atomic E-state index is 12.4. The number of nitro groups is 1. The molecule has 2 aromatic carbocycles. The van der Waals surface area contributed by atoms with Crippen LogP contribution < -0.4 is 15.4 Å². The van der Waals surface area contributed by atoms with Crippen LogP contribution in [0, 0.1) is 17.0 Å². The minimum atomic E-state index is -0.505. The van der Waals surface area contributed by atoms with Crippen LogP contribution in [0.5, 0.6) is 5.75 Å². The summed E-state index contributed by atoms with van der Waals surface area (Å²) in [6.07, 6.45) is 0.475. The molecule has 1 aromatic heterocycles. The first-order valence-electron chi connectivity index (χ1n) is 10.8. The van der Waals surface area contributed by atoms with Gasteiger partial charge in [0.2, 0.25) is 5.91 Å². The summed E-state index contributed by atoms with van der Waals surface area (Å²) in [7, 11) is 1.57. The van der Waals surface area contributed by atoms with Crippen LogP contribution in [0.1, 0.15) is 28.7 Å². The number of ether oxygens (including phenoxy) is 1. The number of thioether (sulfide) groups is 1. The largest absolute Gasteiger partial charge is 0.497 e. The number of anilines is 1. The van der Waals surface area contributed by atoms with E-state index in [0.717, 1.165) is 5.56 Å². The van der Waals surface area contributed by atoms with Gasteiger partial charge in [0.25, 0.3) is 11.6 Å². The molecule has 0 fully saturated rings. The Labute approximate surface area is 206 Å². The van der Waals surface area contributed by atoms with Gasteiger partial charge in [-0.25, -0.2) is 0 Å². The topological polar surface area (TPSA) is 141 Å². The molecule has 0 saturated heterocycles. The number of rotatable bonds is 11. The third kappa shape index (κ3) is 6.79. The van der Waals surface area contributed by atoms with Crippen LogP contribution in [-0.4, -0.2) is 50.9 Å². The van der Waals surface area contributed by atoms with E-state index in [-0.39, 0.29) is 23.3 Å². The number of nitrogens with one attached hydrogen (secondary N) is 2. The molecule has 0 aliphatic carbocycles. The van der Waals surface area contributed by atoms with E-state index >= 15 is 0 Å². The molecule has 2 amide bonds. The Bertz CT molecular complexity index is 1210. The van der Waals surface area contributed by atoms with Crippen molar-refractivity contribution in [3.63, 3.8) is 0 Å². The molecular formula is C23H26N6O5S. The number of methoxy groups -OCH3 is 1. The Hall–Kier alpha value is -3.93. The molecule has 1 heterocycles. The van der Waals surface area contributed by atoms with Crippen molar-refractivity contribution in [1.82, 2.24) is 20.1 Å². The molecule has 0 unspecified atom stereocenters. The lowest BCUT2D eigenvalue weighted by molar-refractivity contribution is -0.384. The predicted molar refractivity (Wildman–Crippen MR) is 132 cm³/mol. The first-order chi connectivity index (χ1) is 16.8. The van der Waals surface area contributed by atoms with Crippen LogP contribution in [0.3, 0.4) is 0 Å². The van der Waals surface area contributed by atoms with Crippen LogP contribution in [-0.2, 0) is 17.8 Å². The minimum absolute atomic E-state index is 0.0640. The molecule has 0 atom stereocenters. The Morgan fingerprint density at radius 3 is 2.57 bits per heavy atom. The van der Waals surface area contributed by atoms with E-state index in [1.54, 1.807) is 44.4 Å². The van der Waals surface area contributed by atoms with E-state index in [1.807, 2.05) is 11.5 Å². The van der Waals surface area contributed by atoms with Gasteiger partial charge in [-0.3, -0.25) is 19.7 Å². The average Bonchev–Trinajstić information content (AvgIpc) is 3.25. The Balaban J connectivity index is 1.53. The maximum absolute atomic E-state index is 12.4. The van der Waals surface area contributed by atoms with Crippen molar-refractivity contribution in [2.45, 2.75) is 32.0 Å². The van der Waals surface area contributed by atoms with Crippen molar-refractivity contribution in [2.75, 3.05) is 24.7 Å². The number of carbonyl (C=O) groups is 2. The summed E-state index contributed by atoms with van der Waals surface area (Å²) in [6.45, 7) is 4.68. The van der Waals surface area contributed by atoms with Gasteiger partial charge in [0.05, 0.1) is 23.5 Å². The summed E-state index contributed by atoms with van der Waals surface area (Å²) >= 11 is 1.22. The standard InChI is InChI=1S/C23H26N6O5S/c1-4-28-20(11-12-24-22(31)16-6-9-18(34-3)10-7-16)26-27-23(28)35-14-21(30)25-19-13-17(29(32)33)8-5-15(19)2/h5-10,13H,4,11-12,14H2,1-3H3,(H,24,31)(H,25,30). The summed E-state index contributed by atoms with van der Waals surface area (Å²) < 4.78 is 6.98. The predicted octanol–water partition coefficient (Wildman–Crippen LogP) is 3.23. The van der Waals surface area contributed by atoms with Crippen molar-refractivity contribution in [3.05, 3.63) is 69.5 Å². The summed E-state index contributed by atoms with van der Waals surface area (Å²) in [5.41, 5.74) is 1.57. The molecule has 0 spiro atoms. The molecule has 3 aromatic rings. The van der Waals surface area contributed by atoms with Gasteiger partial charge in [0.1, 0.15) is 11.6 Å². The highest BCUT2D eigenvalue weighted by molar-refractivity contribution is 7.99. The minimum Gasteiger partial charge on any atom is -0.497 e. The highest BCUT2D eigenvalue weighted by Gasteiger charge is 2.15. The number of carbonyl (C=O) groups excluding carboxylic acids is 2. The fraction of sp³-hybridized carbons (Fsp3) is 0.304. The van der Waals surface area contributed by atoms with Gasteiger partial charge < -0.3 is 19.9 Å². The number of hydrogen-bond donors (Lipinski definition) is 2. The fourth-order valence-electron chi connectivity index (χ4n) is 3.24. The number of hydrogen-bond acceptors (Lipinski definition) is 8. The second-order valence-electron chi connectivity index (χ2n) is 7.47. The molecule has 0 radical (unpaired) electrons. The van der Waals surface area contributed by atoms with Gasteiger partial charge in [-0.05, 0) is 43.7 Å². The van der Waals surface area contributed by atoms with E-state index in [1.165, 1.54) is 23.9 Å². The Morgan fingerprint density at radius 1 is 1.17 bits per heavy atom. The van der Waals surface area contributed by atoms with Crippen molar-refractivity contribution < 1.29 is 19.2 Å². The molecule has 184 valence electrons. The van der Waals surface area contributed by atoms with Crippen LogP contribution >= 0.6 is 11.8 Å². The second kappa shape index (κ2) is 12.0. The summed E-state index contributed by atoms with van der Waals surface area (Å²) in [5, 5.41) is 25.5. The first-order valence-corrected chi connectivity index (χ1v) is 11.8. The summed E-state index contributed by atoms with van der Waals surface area (Å²) in [6, 6.07) is 11.2. The molecule has 12 heteroatoms. The summed E-state index contributed by atoms with van der Waals surface area (Å²) in [5.74, 6) is 0.932. The third-order valence-corrected chi connectivity index (χ3v) is 6.10. The van der Waals surface area contributed by atoms with E-state index in [4.69, 9.17) is 4.74 Å². The summed E-state index contributed by atoms with van der Waals surface area (Å²) in [4.78, 5) is 35.2. The van der Waals surface area contributed by atoms with Crippen LogP contribution in [0.15, 0.2) is 47.6 Å². The molecule has 11 nitrogen and oxygen atoms in total. The molecule has 0 aliphatic rings. The van der Waals surface area contributed by atoms with Crippen molar-refractivity contribution in [2.24, 2.45) is 0 Å². The van der Waals surface area contributed by atoms with Gasteiger partial charge in [0.15, 0.2) is 5.16 Å². The van der Waals surface area contributed by atoms with Crippen LogP contribution in [0.2, 0.25) is 0 Å². The van der Waals surface area contributed by atoms with Gasteiger partial charge in [0, 0.05) is 37.2 Å². The number of non-ortho nitro benzene ring substituents is 1. The SMILES string of the molecule is CCn1c(CCNC(=O)c2ccc(OC)cc2)nnc1SCC(=O)Nc1cc([N+](=O)[O-])ccc1C. The number of nitro benzene ring substituents is 1. The first kappa shape index (κ1) is 25.7. The van der Waals surface area contributed by atoms with Crippen molar-refractivity contribution in [1.29, 1.82) is 0 Å². The lowest BCUT2D eigenvalue weighted by atomic mass is 10.2. The quantitative estimate of drug-likeness (QED) is 0.233. The van der Waals surface area contributed by atoms with Gasteiger partial charge in [-0.1, -0.05) is 17.8 Å². The highest BCUT2D eigenvalue weighted by atomic mass is 32.2. The van der Waals surface area contributed by atoms with E-state index in [9.17, 15) is 19.7 Å². The molecule has 0 aliphatic heterocycles. The highest BCUT2D eigenvalue weighted by Crippen LogP contribution is 2.23. The van der Waals surface area contributed by atoms with Crippen molar-refractivity contribution >= 4 is 35.0 Å². The number of benzene rings is 2. The normalized spacial score (nSPS) is 10.6. The molecule has 0 saturated carbocycles. The molecule has 0 bridgehead atoms. The zero-order chi connectivity index (χ0) is 25.4. The van der Waals surface area contributed by atoms with E-state index in [2.05, 4.69) is 20.8 Å². The maximum Gasteiger partial charge on any atom is 0.271 e. The zero-order valence-electron chi connectivity index (χ0n) is 19.6. The molecule has 2 N–H and O–H groups in total. The van der Waals surface area contributed by atoms with E-state index < -0.39 is 4.92 Å². The molecule has 35 heavy (non-hydrogen) atoms. The van der Waals surface area contributed by atoms with Gasteiger partial charge in [-0.15, -0.1) is 10.2 Å². The monoisotopic (exact) mass is 498 g/mol. The number of amides is 2. The van der Waals surface area contributed by atoms with E-state index in [0.29, 0.717) is 47.5 Å². The smallest absolute Gasteiger partial charge is 0.271 e. The van der Waals surface area contributed by atoms with Gasteiger partial charge >= 0.3 is 0 Å². The van der Waals surface area contributed by atoms with Gasteiger partial charge in [-0.2, -0.15) is 0 Å². The Kier molecular flexibility index (Phi) is 8.79.